The zero-order chi connectivity index (χ0) is 19.9. The highest BCUT2D eigenvalue weighted by Gasteiger charge is 2.50. The number of benzene rings is 1. The smallest absolute Gasteiger partial charge is 0.211 e. The van der Waals surface area contributed by atoms with Crippen molar-refractivity contribution in [2.75, 3.05) is 19.0 Å². The molecular formula is C19H22F2N4O2S. The molecule has 3 heterocycles. The van der Waals surface area contributed by atoms with Crippen LogP contribution in [0.5, 0.6) is 5.88 Å². The van der Waals surface area contributed by atoms with Gasteiger partial charge < -0.3 is 15.2 Å². The molecule has 1 fully saturated rings. The Labute approximate surface area is 166 Å². The van der Waals surface area contributed by atoms with Gasteiger partial charge in [-0.3, -0.25) is 0 Å². The van der Waals surface area contributed by atoms with E-state index < -0.39 is 17.2 Å². The third-order valence-corrected chi connectivity index (χ3v) is 6.25. The van der Waals surface area contributed by atoms with E-state index in [0.717, 1.165) is 11.8 Å². The van der Waals surface area contributed by atoms with Crippen LogP contribution < -0.4 is 10.5 Å². The monoisotopic (exact) mass is 408 g/mol. The lowest BCUT2D eigenvalue weighted by Gasteiger charge is -2.46. The Morgan fingerprint density at radius 2 is 2.21 bits per heavy atom. The van der Waals surface area contributed by atoms with Crippen LogP contribution in [0.2, 0.25) is 0 Å². The quantitative estimate of drug-likeness (QED) is 0.841. The number of rotatable bonds is 4. The predicted molar refractivity (Wildman–Crippen MR) is 103 cm³/mol. The second kappa shape index (κ2) is 7.36. The maximum Gasteiger partial charge on any atom is 0.211 e. The fourth-order valence-corrected chi connectivity index (χ4v) is 4.94. The van der Waals surface area contributed by atoms with Crippen LogP contribution in [0.25, 0.3) is 0 Å². The summed E-state index contributed by atoms with van der Waals surface area (Å²) in [5.41, 5.74) is 6.10. The van der Waals surface area contributed by atoms with Crippen molar-refractivity contribution in [3.63, 3.8) is 0 Å². The Bertz CT molecular complexity index is 919. The van der Waals surface area contributed by atoms with E-state index in [1.54, 1.807) is 4.68 Å². The van der Waals surface area contributed by atoms with Crippen LogP contribution in [0.1, 0.15) is 30.7 Å². The highest BCUT2D eigenvalue weighted by molar-refractivity contribution is 8.13. The van der Waals surface area contributed by atoms with Gasteiger partial charge in [0.25, 0.3) is 0 Å². The number of aliphatic imine (C=N–C) groups is 1. The Kier molecular flexibility index (Phi) is 5.05. The van der Waals surface area contributed by atoms with Gasteiger partial charge in [0.05, 0.1) is 18.9 Å². The Hall–Kier alpha value is -2.13. The molecule has 3 atom stereocenters. The Balaban J connectivity index is 1.67. The van der Waals surface area contributed by atoms with Crippen molar-refractivity contribution in [3.8, 4) is 5.88 Å². The number of hydrogen-bond acceptors (Lipinski definition) is 6. The molecule has 0 radical (unpaired) electrons. The number of halogens is 2. The fourth-order valence-electron chi connectivity index (χ4n) is 3.93. The summed E-state index contributed by atoms with van der Waals surface area (Å²) in [5, 5.41) is 4.89. The maximum atomic E-state index is 14.6. The second-order valence-electron chi connectivity index (χ2n) is 7.01. The highest BCUT2D eigenvalue weighted by Crippen LogP contribution is 2.49. The molecule has 1 saturated heterocycles. The predicted octanol–water partition coefficient (Wildman–Crippen LogP) is 3.13. The van der Waals surface area contributed by atoms with Gasteiger partial charge >= 0.3 is 0 Å². The Morgan fingerprint density at radius 1 is 1.39 bits per heavy atom. The number of amidine groups is 1. The van der Waals surface area contributed by atoms with Crippen LogP contribution in [0.4, 0.5) is 8.78 Å². The minimum atomic E-state index is -0.957. The number of nitrogens with two attached hydrogens (primary N) is 1. The van der Waals surface area contributed by atoms with E-state index >= 15 is 0 Å². The SMILES string of the molecule is CCOc1cc(C2CC3CSC(N)=NC3(c3ccc(F)cc3F)CO2)nn1C. The van der Waals surface area contributed by atoms with E-state index in [-0.39, 0.29) is 18.6 Å². The summed E-state index contributed by atoms with van der Waals surface area (Å²) in [6.07, 6.45) is 0.348. The number of aromatic nitrogens is 2. The number of nitrogens with zero attached hydrogens (tertiary/aromatic N) is 3. The first-order valence-corrected chi connectivity index (χ1v) is 10.1. The molecule has 9 heteroatoms. The largest absolute Gasteiger partial charge is 0.478 e. The molecule has 3 unspecified atom stereocenters. The van der Waals surface area contributed by atoms with Gasteiger partial charge in [0.1, 0.15) is 23.3 Å². The molecule has 0 spiro atoms. The lowest BCUT2D eigenvalue weighted by atomic mass is 9.74. The summed E-state index contributed by atoms with van der Waals surface area (Å²) in [7, 11) is 1.82. The maximum absolute atomic E-state index is 14.6. The van der Waals surface area contributed by atoms with E-state index in [9.17, 15) is 8.78 Å². The van der Waals surface area contributed by atoms with Crippen molar-refractivity contribution in [3.05, 3.63) is 47.2 Å². The topological polar surface area (TPSA) is 74.7 Å². The summed E-state index contributed by atoms with van der Waals surface area (Å²) in [6.45, 7) is 2.61. The van der Waals surface area contributed by atoms with Crippen molar-refractivity contribution in [1.29, 1.82) is 0 Å². The molecule has 2 aliphatic rings. The van der Waals surface area contributed by atoms with Crippen molar-refractivity contribution < 1.29 is 18.3 Å². The third kappa shape index (κ3) is 3.26. The average Bonchev–Trinajstić information content (AvgIpc) is 3.02. The Morgan fingerprint density at radius 3 is 2.96 bits per heavy atom. The number of thioether (sulfide) groups is 1. The van der Waals surface area contributed by atoms with Crippen molar-refractivity contribution in [1.82, 2.24) is 9.78 Å². The van der Waals surface area contributed by atoms with Gasteiger partial charge in [0, 0.05) is 36.4 Å². The van der Waals surface area contributed by atoms with E-state index in [1.165, 1.54) is 23.9 Å². The lowest BCUT2D eigenvalue weighted by Crippen LogP contribution is -2.48. The zero-order valence-corrected chi connectivity index (χ0v) is 16.5. The first-order valence-electron chi connectivity index (χ1n) is 9.15. The molecule has 1 aromatic heterocycles. The zero-order valence-electron chi connectivity index (χ0n) is 15.7. The van der Waals surface area contributed by atoms with Gasteiger partial charge in [-0.25, -0.2) is 18.5 Å². The summed E-state index contributed by atoms with van der Waals surface area (Å²) >= 11 is 1.45. The summed E-state index contributed by atoms with van der Waals surface area (Å²) in [4.78, 5) is 4.60. The summed E-state index contributed by atoms with van der Waals surface area (Å²) in [5.74, 6) is 0.0654. The van der Waals surface area contributed by atoms with Gasteiger partial charge in [-0.2, -0.15) is 5.10 Å². The third-order valence-electron chi connectivity index (χ3n) is 5.30. The lowest BCUT2D eigenvalue weighted by molar-refractivity contribution is -0.0608. The van der Waals surface area contributed by atoms with E-state index in [4.69, 9.17) is 15.2 Å². The van der Waals surface area contributed by atoms with Crippen LogP contribution in [-0.2, 0) is 17.3 Å². The van der Waals surface area contributed by atoms with Gasteiger partial charge in [0.2, 0.25) is 5.88 Å². The van der Waals surface area contributed by atoms with E-state index in [1.807, 2.05) is 20.0 Å². The molecule has 0 aliphatic carbocycles. The molecular weight excluding hydrogens is 386 g/mol. The molecule has 2 aromatic rings. The van der Waals surface area contributed by atoms with Gasteiger partial charge in [0.15, 0.2) is 5.17 Å². The van der Waals surface area contributed by atoms with E-state index in [0.29, 0.717) is 35.4 Å². The normalized spacial score (nSPS) is 27.2. The summed E-state index contributed by atoms with van der Waals surface area (Å²) in [6, 6.07) is 5.44. The van der Waals surface area contributed by atoms with Crippen molar-refractivity contribution in [2.45, 2.75) is 25.0 Å². The second-order valence-corrected chi connectivity index (χ2v) is 8.05. The minimum absolute atomic E-state index is 0.0268. The molecule has 0 amide bonds. The standard InChI is InChI=1S/C19H22F2N4O2S/c1-3-26-17-8-15(24-25(17)2)16-6-11-9-28-18(22)23-19(11,10-27-16)13-5-4-12(20)7-14(13)21/h4-5,7-8,11,16H,3,6,9-10H2,1-2H3,(H2,22,23). The van der Waals surface area contributed by atoms with Gasteiger partial charge in [-0.15, -0.1) is 0 Å². The molecule has 0 bridgehead atoms. The summed E-state index contributed by atoms with van der Waals surface area (Å²) < 4.78 is 41.4. The molecule has 2 aliphatic heterocycles. The van der Waals surface area contributed by atoms with Crippen LogP contribution in [0, 0.1) is 17.6 Å². The van der Waals surface area contributed by atoms with Crippen molar-refractivity contribution >= 4 is 16.9 Å². The average molecular weight is 408 g/mol. The molecule has 28 heavy (non-hydrogen) atoms. The number of aryl methyl sites for hydroxylation is 1. The molecule has 2 N–H and O–H groups in total. The van der Waals surface area contributed by atoms with Crippen LogP contribution in [0.15, 0.2) is 29.3 Å². The minimum Gasteiger partial charge on any atom is -0.478 e. The number of ether oxygens (including phenoxy) is 2. The first kappa shape index (κ1) is 19.2. The van der Waals surface area contributed by atoms with E-state index in [2.05, 4.69) is 10.1 Å². The molecule has 4 rings (SSSR count). The molecule has 1 aromatic carbocycles. The molecule has 0 saturated carbocycles. The van der Waals surface area contributed by atoms with Crippen LogP contribution >= 0.6 is 11.8 Å². The molecule has 6 nitrogen and oxygen atoms in total. The van der Waals surface area contributed by atoms with Gasteiger partial charge in [-0.05, 0) is 19.4 Å². The fraction of sp³-hybridized carbons (Fsp3) is 0.474. The van der Waals surface area contributed by atoms with Gasteiger partial charge in [-0.1, -0.05) is 17.8 Å². The van der Waals surface area contributed by atoms with Crippen LogP contribution in [0.3, 0.4) is 0 Å². The first-order chi connectivity index (χ1) is 13.4. The highest BCUT2D eigenvalue weighted by atomic mass is 32.2. The van der Waals surface area contributed by atoms with Crippen LogP contribution in [-0.4, -0.2) is 33.9 Å². The number of fused-ring (bicyclic) bond motifs is 1. The van der Waals surface area contributed by atoms with Crippen molar-refractivity contribution in [2.24, 2.45) is 23.7 Å². The number of hydrogen-bond donors (Lipinski definition) is 1. The molecule has 150 valence electrons.